The number of likely N-dealkylation sites (tertiary alicyclic amines) is 1. The van der Waals surface area contributed by atoms with Gasteiger partial charge in [0.2, 0.25) is 5.91 Å². The SMILES string of the molecule is Cc1cc(-c2snnc2[C@@H]2CCCN(C(=O)[C@@H](C)Cn3cncn3)C2)on1. The molecule has 1 amide bonds. The van der Waals surface area contributed by atoms with Crippen molar-refractivity contribution in [2.75, 3.05) is 13.1 Å². The van der Waals surface area contributed by atoms with Crippen LogP contribution in [0.2, 0.25) is 0 Å². The Balaban J connectivity index is 1.47. The second kappa shape index (κ2) is 7.55. The highest BCUT2D eigenvalue weighted by molar-refractivity contribution is 7.09. The number of hydrogen-bond donors (Lipinski definition) is 0. The fourth-order valence-corrected chi connectivity index (χ4v) is 4.20. The number of carbonyl (C=O) groups is 1. The molecule has 0 radical (unpaired) electrons. The van der Waals surface area contributed by atoms with E-state index < -0.39 is 0 Å². The molecule has 0 saturated carbocycles. The normalized spacial score (nSPS) is 18.6. The second-order valence-corrected chi connectivity index (χ2v) is 7.72. The van der Waals surface area contributed by atoms with E-state index in [1.165, 1.54) is 17.9 Å². The molecule has 0 unspecified atom stereocenters. The summed E-state index contributed by atoms with van der Waals surface area (Å²) >= 11 is 1.31. The maximum absolute atomic E-state index is 12.9. The van der Waals surface area contributed by atoms with E-state index in [1.807, 2.05) is 24.8 Å². The first kappa shape index (κ1) is 17.8. The van der Waals surface area contributed by atoms with Crippen molar-refractivity contribution in [1.82, 2.24) is 34.4 Å². The lowest BCUT2D eigenvalue weighted by Crippen LogP contribution is -2.42. The lowest BCUT2D eigenvalue weighted by Gasteiger charge is -2.33. The third-order valence-corrected chi connectivity index (χ3v) is 5.59. The number of aryl methyl sites for hydroxylation is 1. The zero-order valence-corrected chi connectivity index (χ0v) is 16.1. The van der Waals surface area contributed by atoms with Gasteiger partial charge in [-0.25, -0.2) is 4.98 Å². The van der Waals surface area contributed by atoms with E-state index >= 15 is 0 Å². The minimum absolute atomic E-state index is 0.135. The van der Waals surface area contributed by atoms with Gasteiger partial charge in [-0.05, 0) is 31.3 Å². The van der Waals surface area contributed by atoms with E-state index in [0.29, 0.717) is 18.8 Å². The molecule has 0 N–H and O–H groups in total. The fraction of sp³-hybridized carbons (Fsp3) is 0.529. The van der Waals surface area contributed by atoms with Crippen molar-refractivity contribution in [3.05, 3.63) is 30.1 Å². The van der Waals surface area contributed by atoms with Crippen LogP contribution >= 0.6 is 11.5 Å². The van der Waals surface area contributed by atoms with E-state index in [9.17, 15) is 4.79 Å². The van der Waals surface area contributed by atoms with Crippen LogP contribution in [0.4, 0.5) is 0 Å². The molecule has 1 fully saturated rings. The number of nitrogens with zero attached hydrogens (tertiary/aromatic N) is 7. The Bertz CT molecular complexity index is 904. The number of hydrogen-bond acceptors (Lipinski definition) is 8. The van der Waals surface area contributed by atoms with E-state index in [-0.39, 0.29) is 17.7 Å². The van der Waals surface area contributed by atoms with Gasteiger partial charge in [-0.15, -0.1) is 5.10 Å². The predicted octanol–water partition coefficient (Wildman–Crippen LogP) is 2.14. The van der Waals surface area contributed by atoms with Gasteiger partial charge in [-0.3, -0.25) is 9.48 Å². The molecule has 1 saturated heterocycles. The lowest BCUT2D eigenvalue weighted by molar-refractivity contribution is -0.136. The van der Waals surface area contributed by atoms with E-state index in [0.717, 1.165) is 35.7 Å². The number of amides is 1. The number of carbonyl (C=O) groups excluding carboxylic acids is 1. The quantitative estimate of drug-likeness (QED) is 0.661. The van der Waals surface area contributed by atoms with E-state index in [4.69, 9.17) is 4.52 Å². The van der Waals surface area contributed by atoms with Gasteiger partial charge < -0.3 is 9.42 Å². The summed E-state index contributed by atoms with van der Waals surface area (Å²) in [7, 11) is 0. The minimum atomic E-state index is -0.157. The van der Waals surface area contributed by atoms with Gasteiger partial charge in [0.25, 0.3) is 0 Å². The summed E-state index contributed by atoms with van der Waals surface area (Å²) in [5.74, 6) is 0.826. The molecule has 0 aliphatic carbocycles. The summed E-state index contributed by atoms with van der Waals surface area (Å²) in [6.45, 7) is 5.76. The van der Waals surface area contributed by atoms with Gasteiger partial charge in [0.1, 0.15) is 17.5 Å². The summed E-state index contributed by atoms with van der Waals surface area (Å²) in [5.41, 5.74) is 1.73. The van der Waals surface area contributed by atoms with Crippen molar-refractivity contribution in [1.29, 1.82) is 0 Å². The molecule has 9 nitrogen and oxygen atoms in total. The molecule has 3 aromatic rings. The predicted molar refractivity (Wildman–Crippen MR) is 97.9 cm³/mol. The Morgan fingerprint density at radius 1 is 1.48 bits per heavy atom. The Morgan fingerprint density at radius 3 is 3.11 bits per heavy atom. The molecule has 4 rings (SSSR count). The third-order valence-electron chi connectivity index (χ3n) is 4.83. The Kier molecular flexibility index (Phi) is 4.97. The van der Waals surface area contributed by atoms with Crippen molar-refractivity contribution in [3.8, 4) is 10.6 Å². The highest BCUT2D eigenvalue weighted by Crippen LogP contribution is 2.35. The first-order valence-electron chi connectivity index (χ1n) is 8.99. The Morgan fingerprint density at radius 2 is 2.37 bits per heavy atom. The van der Waals surface area contributed by atoms with E-state index in [2.05, 4.69) is 24.8 Å². The van der Waals surface area contributed by atoms with Crippen LogP contribution in [-0.4, -0.2) is 53.4 Å². The summed E-state index contributed by atoms with van der Waals surface area (Å²) in [5, 5.41) is 12.4. The molecule has 2 atom stereocenters. The molecule has 1 aliphatic rings. The molecule has 4 heterocycles. The molecule has 10 heteroatoms. The fourth-order valence-electron chi connectivity index (χ4n) is 3.50. The van der Waals surface area contributed by atoms with Crippen molar-refractivity contribution >= 4 is 17.4 Å². The van der Waals surface area contributed by atoms with Crippen LogP contribution in [-0.2, 0) is 11.3 Å². The molecular formula is C17H21N7O2S. The standard InChI is InChI=1S/C17H21N7O2S/c1-11(7-24-10-18-9-19-24)17(25)23-5-3-4-13(8-23)15-16(27-22-20-15)14-6-12(2)21-26-14/h6,9-11,13H,3-5,7-8H2,1-2H3/t11-,13+/m0/s1. The average Bonchev–Trinajstić information content (AvgIpc) is 3.42. The number of rotatable bonds is 5. The Labute approximate surface area is 160 Å². The van der Waals surface area contributed by atoms with Gasteiger partial charge in [0.05, 0.1) is 23.9 Å². The van der Waals surface area contributed by atoms with Crippen LogP contribution in [0.3, 0.4) is 0 Å². The van der Waals surface area contributed by atoms with Gasteiger partial charge >= 0.3 is 0 Å². The van der Waals surface area contributed by atoms with Crippen molar-refractivity contribution in [2.45, 2.75) is 39.2 Å². The zero-order valence-electron chi connectivity index (χ0n) is 15.3. The van der Waals surface area contributed by atoms with Gasteiger partial charge in [0.15, 0.2) is 5.76 Å². The van der Waals surface area contributed by atoms with E-state index in [1.54, 1.807) is 11.0 Å². The Hall–Kier alpha value is -2.62. The first-order chi connectivity index (χ1) is 13.1. The molecule has 0 bridgehead atoms. The monoisotopic (exact) mass is 387 g/mol. The third kappa shape index (κ3) is 3.75. The largest absolute Gasteiger partial charge is 0.355 e. The maximum atomic E-state index is 12.9. The summed E-state index contributed by atoms with van der Waals surface area (Å²) < 4.78 is 11.2. The minimum Gasteiger partial charge on any atom is -0.355 e. The number of piperidine rings is 1. The van der Waals surface area contributed by atoms with Crippen LogP contribution in [0.1, 0.15) is 37.1 Å². The van der Waals surface area contributed by atoms with Gasteiger partial charge in [0, 0.05) is 25.1 Å². The zero-order chi connectivity index (χ0) is 18.8. The van der Waals surface area contributed by atoms with Crippen molar-refractivity contribution < 1.29 is 9.32 Å². The molecule has 0 aromatic carbocycles. The second-order valence-electron chi connectivity index (χ2n) is 6.96. The summed E-state index contributed by atoms with van der Waals surface area (Å²) in [6, 6.07) is 1.89. The molecule has 1 aliphatic heterocycles. The van der Waals surface area contributed by atoms with Gasteiger partial charge in [-0.2, -0.15) is 5.10 Å². The molecule has 27 heavy (non-hydrogen) atoms. The summed E-state index contributed by atoms with van der Waals surface area (Å²) in [4.78, 5) is 19.7. The van der Waals surface area contributed by atoms with Crippen LogP contribution in [0, 0.1) is 12.8 Å². The van der Waals surface area contributed by atoms with Crippen LogP contribution in [0.5, 0.6) is 0 Å². The highest BCUT2D eigenvalue weighted by atomic mass is 32.1. The molecule has 3 aromatic heterocycles. The molecular weight excluding hydrogens is 366 g/mol. The maximum Gasteiger partial charge on any atom is 0.227 e. The summed E-state index contributed by atoms with van der Waals surface area (Å²) in [6.07, 6.45) is 5.04. The average molecular weight is 387 g/mol. The molecule has 142 valence electrons. The number of aromatic nitrogens is 6. The topological polar surface area (TPSA) is 103 Å². The van der Waals surface area contributed by atoms with Crippen LogP contribution < -0.4 is 0 Å². The van der Waals surface area contributed by atoms with Crippen LogP contribution in [0.15, 0.2) is 23.2 Å². The molecule has 0 spiro atoms. The smallest absolute Gasteiger partial charge is 0.227 e. The van der Waals surface area contributed by atoms with Crippen LogP contribution in [0.25, 0.3) is 10.6 Å². The first-order valence-corrected chi connectivity index (χ1v) is 9.76. The highest BCUT2D eigenvalue weighted by Gasteiger charge is 2.31. The van der Waals surface area contributed by atoms with Crippen molar-refractivity contribution in [2.24, 2.45) is 5.92 Å². The lowest BCUT2D eigenvalue weighted by atomic mass is 9.93. The van der Waals surface area contributed by atoms with Gasteiger partial charge in [-0.1, -0.05) is 16.6 Å². The van der Waals surface area contributed by atoms with Crippen molar-refractivity contribution in [3.63, 3.8) is 0 Å².